The molecule has 1 saturated heterocycles. The summed E-state index contributed by atoms with van der Waals surface area (Å²) in [6, 6.07) is 21.8. The fourth-order valence-corrected chi connectivity index (χ4v) is 5.88. The predicted molar refractivity (Wildman–Crippen MR) is 163 cm³/mol. The molecule has 0 aliphatic carbocycles. The van der Waals surface area contributed by atoms with Gasteiger partial charge in [0.1, 0.15) is 5.70 Å². The number of amides is 2. The van der Waals surface area contributed by atoms with Gasteiger partial charge in [0.2, 0.25) is 5.91 Å². The third kappa shape index (κ3) is 6.25. The third-order valence-electron chi connectivity index (χ3n) is 6.69. The summed E-state index contributed by atoms with van der Waals surface area (Å²) in [5.74, 6) is -0.123. The van der Waals surface area contributed by atoms with Crippen molar-refractivity contribution in [3.05, 3.63) is 99.7 Å². The Hall–Kier alpha value is -3.59. The first kappa shape index (κ1) is 28.0. The van der Waals surface area contributed by atoms with Gasteiger partial charge in [0, 0.05) is 47.5 Å². The van der Waals surface area contributed by atoms with E-state index in [1.165, 1.54) is 16.7 Å². The van der Waals surface area contributed by atoms with Crippen molar-refractivity contribution in [2.45, 2.75) is 6.92 Å². The smallest absolute Gasteiger partial charge is 0.283 e. The van der Waals surface area contributed by atoms with E-state index in [0.29, 0.717) is 58.2 Å². The van der Waals surface area contributed by atoms with E-state index >= 15 is 0 Å². The minimum absolute atomic E-state index is 0.0158. The van der Waals surface area contributed by atoms with Gasteiger partial charge in [0.05, 0.1) is 11.4 Å². The molecule has 0 spiro atoms. The fraction of sp³-hybridized carbons (Fsp3) is 0.200. The zero-order valence-electron chi connectivity index (χ0n) is 21.7. The number of Topliss-reactive ketones (excluding diaryl/α,β-unsaturated/α-hetero) is 1. The van der Waals surface area contributed by atoms with Crippen molar-refractivity contribution in [3.63, 3.8) is 0 Å². The van der Waals surface area contributed by atoms with Crippen molar-refractivity contribution in [3.8, 4) is 0 Å². The van der Waals surface area contributed by atoms with Gasteiger partial charge in [-0.15, -0.1) is 0 Å². The van der Waals surface area contributed by atoms with Crippen LogP contribution in [0.1, 0.15) is 22.8 Å². The van der Waals surface area contributed by atoms with Crippen LogP contribution in [0.5, 0.6) is 0 Å². The molecule has 40 heavy (non-hydrogen) atoms. The lowest BCUT2D eigenvalue weighted by atomic mass is 10.1. The van der Waals surface area contributed by atoms with Crippen LogP contribution in [-0.4, -0.2) is 59.6 Å². The molecule has 0 unspecified atom stereocenters. The van der Waals surface area contributed by atoms with E-state index in [1.54, 1.807) is 31.2 Å². The number of carbonyl (C=O) groups excluding carboxylic acids is 3. The highest BCUT2D eigenvalue weighted by Gasteiger charge is 2.33. The van der Waals surface area contributed by atoms with Crippen molar-refractivity contribution in [1.82, 2.24) is 4.90 Å². The number of carbonyl (C=O) groups is 3. The van der Waals surface area contributed by atoms with Crippen LogP contribution in [0.4, 0.5) is 11.4 Å². The van der Waals surface area contributed by atoms with Crippen LogP contribution in [0.2, 0.25) is 10.0 Å². The Morgan fingerprint density at radius 3 is 2.27 bits per heavy atom. The van der Waals surface area contributed by atoms with Crippen LogP contribution in [0, 0.1) is 0 Å². The number of rotatable bonds is 6. The molecule has 0 bridgehead atoms. The van der Waals surface area contributed by atoms with Crippen molar-refractivity contribution in [2.24, 2.45) is 4.99 Å². The molecule has 0 saturated carbocycles. The maximum absolute atomic E-state index is 13.4. The largest absolute Gasteiger partial charge is 0.368 e. The molecule has 0 radical (unpaired) electrons. The van der Waals surface area contributed by atoms with Gasteiger partial charge in [-0.1, -0.05) is 59.2 Å². The van der Waals surface area contributed by atoms with E-state index in [4.69, 9.17) is 23.2 Å². The number of halogens is 2. The molecule has 2 aliphatic heterocycles. The second-order valence-electron chi connectivity index (χ2n) is 9.33. The van der Waals surface area contributed by atoms with E-state index < -0.39 is 0 Å². The molecule has 204 valence electrons. The quantitative estimate of drug-likeness (QED) is 0.258. The number of ketones is 1. The zero-order chi connectivity index (χ0) is 28.2. The SMILES string of the molecule is CC(=O)c1ccc(N2CCN(C(=O)CSC3=NC(=Cc4ccc(Cl)cc4Cl)C(=O)N3c3ccccc3)CC2)cc1. The Balaban J connectivity index is 1.26. The molecule has 0 N–H and O–H groups in total. The lowest BCUT2D eigenvalue weighted by Gasteiger charge is -2.36. The van der Waals surface area contributed by atoms with E-state index in [1.807, 2.05) is 59.5 Å². The number of hydrogen-bond acceptors (Lipinski definition) is 6. The average Bonchev–Trinajstić information content (AvgIpc) is 3.28. The number of hydrogen-bond donors (Lipinski definition) is 0. The molecule has 5 rings (SSSR count). The first-order valence-electron chi connectivity index (χ1n) is 12.7. The van der Waals surface area contributed by atoms with Gasteiger partial charge >= 0.3 is 0 Å². The number of amidine groups is 1. The number of thioether (sulfide) groups is 1. The van der Waals surface area contributed by atoms with Crippen molar-refractivity contribution in [2.75, 3.05) is 41.7 Å². The van der Waals surface area contributed by atoms with Crippen molar-refractivity contribution >= 4 is 75.2 Å². The highest BCUT2D eigenvalue weighted by atomic mass is 35.5. The van der Waals surface area contributed by atoms with Gasteiger partial charge in [-0.2, -0.15) is 0 Å². The van der Waals surface area contributed by atoms with E-state index in [0.717, 1.165) is 5.69 Å². The number of para-hydroxylation sites is 1. The lowest BCUT2D eigenvalue weighted by Crippen LogP contribution is -2.49. The third-order valence-corrected chi connectivity index (χ3v) is 8.18. The highest BCUT2D eigenvalue weighted by Crippen LogP contribution is 2.31. The maximum atomic E-state index is 13.4. The minimum Gasteiger partial charge on any atom is -0.368 e. The Bertz CT molecular complexity index is 1500. The predicted octanol–water partition coefficient (Wildman–Crippen LogP) is 6.02. The van der Waals surface area contributed by atoms with E-state index in [2.05, 4.69) is 9.89 Å². The van der Waals surface area contributed by atoms with Crippen LogP contribution in [0.3, 0.4) is 0 Å². The van der Waals surface area contributed by atoms with Crippen molar-refractivity contribution in [1.29, 1.82) is 0 Å². The molecule has 3 aromatic carbocycles. The Morgan fingerprint density at radius 2 is 1.62 bits per heavy atom. The number of benzene rings is 3. The fourth-order valence-electron chi connectivity index (χ4n) is 4.50. The summed E-state index contributed by atoms with van der Waals surface area (Å²) >= 11 is 13.6. The topological polar surface area (TPSA) is 73.3 Å². The molecular formula is C30H26Cl2N4O3S. The van der Waals surface area contributed by atoms with Crippen LogP contribution in [0.25, 0.3) is 6.08 Å². The summed E-state index contributed by atoms with van der Waals surface area (Å²) in [4.78, 5) is 48.3. The summed E-state index contributed by atoms with van der Waals surface area (Å²) < 4.78 is 0. The average molecular weight is 594 g/mol. The molecule has 0 atom stereocenters. The van der Waals surface area contributed by atoms with Crippen LogP contribution in [0.15, 0.2) is 83.5 Å². The Kier molecular flexibility index (Phi) is 8.59. The van der Waals surface area contributed by atoms with E-state index in [-0.39, 0.29) is 29.0 Å². The van der Waals surface area contributed by atoms with Crippen LogP contribution >= 0.6 is 35.0 Å². The van der Waals surface area contributed by atoms with Crippen LogP contribution in [-0.2, 0) is 9.59 Å². The summed E-state index contributed by atoms with van der Waals surface area (Å²) in [5.41, 5.74) is 3.24. The number of piperazine rings is 1. The van der Waals surface area contributed by atoms with Gasteiger partial charge in [0.15, 0.2) is 11.0 Å². The van der Waals surface area contributed by atoms with Crippen LogP contribution < -0.4 is 9.80 Å². The standard InChI is InChI=1S/C30H26Cl2N4O3S/c1-20(37)21-8-11-24(12-9-21)34-13-15-35(16-14-34)28(38)19-40-30-33-27(17-22-7-10-23(31)18-26(22)32)29(39)36(30)25-5-3-2-4-6-25/h2-12,17-18H,13-16,19H2,1H3. The Morgan fingerprint density at radius 1 is 0.925 bits per heavy atom. The molecular weight excluding hydrogens is 567 g/mol. The molecule has 3 aromatic rings. The van der Waals surface area contributed by atoms with Crippen molar-refractivity contribution < 1.29 is 14.4 Å². The Labute approximate surface area is 247 Å². The minimum atomic E-state index is -0.295. The first-order chi connectivity index (χ1) is 19.3. The second-order valence-corrected chi connectivity index (χ2v) is 11.1. The first-order valence-corrected chi connectivity index (χ1v) is 14.5. The molecule has 2 aliphatic rings. The molecule has 10 heteroatoms. The van der Waals surface area contributed by atoms with Gasteiger partial charge < -0.3 is 9.80 Å². The summed E-state index contributed by atoms with van der Waals surface area (Å²) in [7, 11) is 0. The molecule has 1 fully saturated rings. The molecule has 2 amide bonds. The lowest BCUT2D eigenvalue weighted by molar-refractivity contribution is -0.128. The number of aliphatic imine (C=N–C) groups is 1. The van der Waals surface area contributed by atoms with Gasteiger partial charge in [-0.25, -0.2) is 4.99 Å². The zero-order valence-corrected chi connectivity index (χ0v) is 24.0. The summed E-state index contributed by atoms with van der Waals surface area (Å²) in [6.07, 6.45) is 1.63. The normalized spacial score (nSPS) is 16.5. The molecule has 0 aromatic heterocycles. The van der Waals surface area contributed by atoms with Gasteiger partial charge in [0.25, 0.3) is 5.91 Å². The number of anilines is 2. The van der Waals surface area contributed by atoms with Gasteiger partial charge in [-0.3, -0.25) is 19.3 Å². The molecule has 7 nitrogen and oxygen atoms in total. The second kappa shape index (κ2) is 12.3. The maximum Gasteiger partial charge on any atom is 0.283 e. The number of nitrogens with zero attached hydrogens (tertiary/aromatic N) is 4. The highest BCUT2D eigenvalue weighted by molar-refractivity contribution is 8.14. The molecule has 2 heterocycles. The summed E-state index contributed by atoms with van der Waals surface area (Å²) in [6.45, 7) is 4.11. The van der Waals surface area contributed by atoms with E-state index in [9.17, 15) is 14.4 Å². The monoisotopic (exact) mass is 592 g/mol. The summed E-state index contributed by atoms with van der Waals surface area (Å²) in [5, 5.41) is 1.35. The van der Waals surface area contributed by atoms with Gasteiger partial charge in [-0.05, 0) is 67.1 Å².